The lowest BCUT2D eigenvalue weighted by Crippen LogP contribution is -2.35. The molecule has 184 valence electrons. The van der Waals surface area contributed by atoms with E-state index in [4.69, 9.17) is 24.3 Å². The Morgan fingerprint density at radius 1 is 1.32 bits per heavy atom. The molecule has 1 aromatic carbocycles. The molecule has 13 heteroatoms. The zero-order valence-electron chi connectivity index (χ0n) is 18.8. The molecular formula is C21H27N4O8P. The molecule has 2 aliphatic rings. The van der Waals surface area contributed by atoms with E-state index in [2.05, 4.69) is 14.8 Å². The van der Waals surface area contributed by atoms with Crippen molar-refractivity contribution in [3.8, 4) is 5.75 Å². The number of nitrogens with zero attached hydrogens (tertiary/aromatic N) is 2. The topological polar surface area (TPSA) is 153 Å². The van der Waals surface area contributed by atoms with Gasteiger partial charge in [-0.2, -0.15) is 10.1 Å². The fraction of sp³-hybridized carbons (Fsp3) is 0.476. The van der Waals surface area contributed by atoms with Crippen LogP contribution in [0.15, 0.2) is 41.3 Å². The average molecular weight is 494 g/mol. The molecule has 2 fully saturated rings. The second-order valence-electron chi connectivity index (χ2n) is 8.00. The molecule has 3 N–H and O–H groups in total. The van der Waals surface area contributed by atoms with Gasteiger partial charge >= 0.3 is 19.4 Å². The van der Waals surface area contributed by atoms with Crippen LogP contribution in [0.3, 0.4) is 0 Å². The minimum atomic E-state index is -4.06. The smallest absolute Gasteiger partial charge is 0.459 e. The maximum atomic E-state index is 13.5. The summed E-state index contributed by atoms with van der Waals surface area (Å²) in [6.45, 7) is 1.21. The van der Waals surface area contributed by atoms with Gasteiger partial charge < -0.3 is 24.5 Å². The van der Waals surface area contributed by atoms with Gasteiger partial charge in [0.05, 0.1) is 13.7 Å². The van der Waals surface area contributed by atoms with Crippen LogP contribution >= 0.6 is 7.75 Å². The molecule has 2 heterocycles. The maximum absolute atomic E-state index is 13.5. The molecule has 0 bridgehead atoms. The van der Waals surface area contributed by atoms with Gasteiger partial charge in [-0.3, -0.25) is 13.9 Å². The second-order valence-corrected chi connectivity index (χ2v) is 9.69. The number of carbonyl (C=O) groups excluding carboxylic acids is 1. The lowest BCUT2D eigenvalue weighted by atomic mass is 10.1. The van der Waals surface area contributed by atoms with Crippen LogP contribution in [0.2, 0.25) is 0 Å². The van der Waals surface area contributed by atoms with Gasteiger partial charge in [-0.1, -0.05) is 12.1 Å². The Morgan fingerprint density at radius 3 is 2.71 bits per heavy atom. The predicted octanol–water partition coefficient (Wildman–Crippen LogP) is 1.93. The number of ether oxygens (including phenoxy) is 3. The third-order valence-corrected chi connectivity index (χ3v) is 6.98. The fourth-order valence-electron chi connectivity index (χ4n) is 3.39. The van der Waals surface area contributed by atoms with Gasteiger partial charge in [-0.25, -0.2) is 9.36 Å². The standard InChI is InChI=1S/C21H27N4O8P/c1-13(20(26)29-2)24-34(28,33-16-7-5-15(6-8-16)14-3-4-14)31-12-19-30-11-18(32-19)25-10-9-17(22)23-21(25)27/h5-10,13-14,18-19H,3-4,11-12H2,1-2H3,(H,24,28)(H2,22,23,27)/t13-,18-,19-,34?/m0/s1. The van der Waals surface area contributed by atoms with Crippen molar-refractivity contribution < 1.29 is 32.6 Å². The van der Waals surface area contributed by atoms with E-state index >= 15 is 0 Å². The van der Waals surface area contributed by atoms with E-state index in [1.165, 1.54) is 36.4 Å². The highest BCUT2D eigenvalue weighted by atomic mass is 31.2. The molecule has 2 aromatic rings. The average Bonchev–Trinajstić information content (AvgIpc) is 3.55. The molecule has 1 aliphatic carbocycles. The van der Waals surface area contributed by atoms with Gasteiger partial charge in [0.2, 0.25) is 0 Å². The Balaban J connectivity index is 1.42. The number of hydrogen-bond donors (Lipinski definition) is 2. The van der Waals surface area contributed by atoms with Gasteiger partial charge in [0.1, 0.15) is 24.2 Å². The van der Waals surface area contributed by atoms with Crippen LogP contribution in [0.5, 0.6) is 5.75 Å². The summed E-state index contributed by atoms with van der Waals surface area (Å²) in [5.74, 6) is 0.320. The number of nitrogens with one attached hydrogen (secondary N) is 1. The summed E-state index contributed by atoms with van der Waals surface area (Å²) < 4.78 is 41.8. The van der Waals surface area contributed by atoms with Crippen LogP contribution in [0, 0.1) is 0 Å². The van der Waals surface area contributed by atoms with Gasteiger partial charge in [0.15, 0.2) is 12.5 Å². The monoisotopic (exact) mass is 494 g/mol. The molecule has 1 saturated carbocycles. The van der Waals surface area contributed by atoms with E-state index < -0.39 is 38.0 Å². The summed E-state index contributed by atoms with van der Waals surface area (Å²) in [5, 5.41) is 2.57. The highest BCUT2D eigenvalue weighted by molar-refractivity contribution is 7.52. The quantitative estimate of drug-likeness (QED) is 0.368. The lowest BCUT2D eigenvalue weighted by molar-refractivity contribution is -0.142. The maximum Gasteiger partial charge on any atom is 0.459 e. The molecule has 4 rings (SSSR count). The van der Waals surface area contributed by atoms with Crippen molar-refractivity contribution >= 4 is 19.5 Å². The number of carbonyl (C=O) groups is 1. The van der Waals surface area contributed by atoms with Gasteiger partial charge in [-0.05, 0) is 49.4 Å². The summed E-state index contributed by atoms with van der Waals surface area (Å²) in [7, 11) is -2.84. The number of benzene rings is 1. The van der Waals surface area contributed by atoms with E-state index in [9.17, 15) is 14.2 Å². The van der Waals surface area contributed by atoms with E-state index in [0.717, 1.165) is 12.8 Å². The molecule has 1 saturated heterocycles. The van der Waals surface area contributed by atoms with Crippen molar-refractivity contribution in [3.05, 3.63) is 52.6 Å². The van der Waals surface area contributed by atoms with Crippen LogP contribution in [0.25, 0.3) is 0 Å². The lowest BCUT2D eigenvalue weighted by Gasteiger charge is -2.23. The Labute approximate surface area is 195 Å². The molecule has 1 unspecified atom stereocenters. The Kier molecular flexibility index (Phi) is 7.34. The van der Waals surface area contributed by atoms with Crippen LogP contribution < -0.4 is 21.0 Å². The van der Waals surface area contributed by atoms with Crippen molar-refractivity contribution in [2.45, 2.75) is 44.2 Å². The minimum absolute atomic E-state index is 0.0410. The van der Waals surface area contributed by atoms with Crippen molar-refractivity contribution in [2.75, 3.05) is 26.1 Å². The van der Waals surface area contributed by atoms with E-state index in [-0.39, 0.29) is 19.0 Å². The van der Waals surface area contributed by atoms with E-state index in [1.54, 1.807) is 12.1 Å². The van der Waals surface area contributed by atoms with E-state index in [0.29, 0.717) is 11.7 Å². The summed E-state index contributed by atoms with van der Waals surface area (Å²) in [5.41, 5.74) is 6.10. The summed E-state index contributed by atoms with van der Waals surface area (Å²) in [6, 6.07) is 7.71. The highest BCUT2D eigenvalue weighted by Gasteiger charge is 2.36. The number of nitrogens with two attached hydrogens (primary N) is 1. The van der Waals surface area contributed by atoms with Crippen molar-refractivity contribution in [1.82, 2.24) is 14.6 Å². The molecule has 1 aliphatic heterocycles. The molecule has 0 spiro atoms. The first-order chi connectivity index (χ1) is 16.3. The minimum Gasteiger partial charge on any atom is -0.468 e. The Morgan fingerprint density at radius 2 is 2.06 bits per heavy atom. The van der Waals surface area contributed by atoms with E-state index in [1.807, 2.05) is 12.1 Å². The first-order valence-corrected chi connectivity index (χ1v) is 12.3. The third-order valence-electron chi connectivity index (χ3n) is 5.34. The van der Waals surface area contributed by atoms with Crippen LogP contribution in [-0.2, 0) is 28.1 Å². The third kappa shape index (κ3) is 6.02. The predicted molar refractivity (Wildman–Crippen MR) is 120 cm³/mol. The fourth-order valence-corrected chi connectivity index (χ4v) is 4.87. The molecule has 4 atom stereocenters. The summed E-state index contributed by atoms with van der Waals surface area (Å²) >= 11 is 0. The zero-order chi connectivity index (χ0) is 24.3. The number of nitrogen functional groups attached to an aromatic ring is 1. The summed E-state index contributed by atoms with van der Waals surface area (Å²) in [6.07, 6.45) is 2.05. The first kappa shape index (κ1) is 24.4. The highest BCUT2D eigenvalue weighted by Crippen LogP contribution is 2.46. The SMILES string of the molecule is COC(=O)[C@H](C)NP(=O)(OC[C@H]1OC[C@@H](n2ccc(N)nc2=O)O1)Oc1ccc(C2CC2)cc1. The van der Waals surface area contributed by atoms with Crippen molar-refractivity contribution in [2.24, 2.45) is 0 Å². The number of anilines is 1. The second kappa shape index (κ2) is 10.2. The molecule has 0 amide bonds. The first-order valence-electron chi connectivity index (χ1n) is 10.8. The molecule has 34 heavy (non-hydrogen) atoms. The Bertz CT molecular complexity index is 1120. The number of rotatable bonds is 10. The van der Waals surface area contributed by atoms with Gasteiger partial charge in [0.25, 0.3) is 0 Å². The van der Waals surface area contributed by atoms with Crippen LogP contribution in [0.1, 0.15) is 37.5 Å². The number of hydrogen-bond acceptors (Lipinski definition) is 10. The molecule has 0 radical (unpaired) electrons. The van der Waals surface area contributed by atoms with Gasteiger partial charge in [0, 0.05) is 6.20 Å². The molecular weight excluding hydrogens is 467 g/mol. The molecule has 1 aromatic heterocycles. The number of aromatic nitrogens is 2. The summed E-state index contributed by atoms with van der Waals surface area (Å²) in [4.78, 5) is 27.5. The van der Waals surface area contributed by atoms with Crippen LogP contribution in [0.4, 0.5) is 5.82 Å². The van der Waals surface area contributed by atoms with Gasteiger partial charge in [-0.15, -0.1) is 0 Å². The van der Waals surface area contributed by atoms with Crippen molar-refractivity contribution in [3.63, 3.8) is 0 Å². The molecule has 12 nitrogen and oxygen atoms in total. The Hall–Kier alpha value is -2.76. The zero-order valence-corrected chi connectivity index (χ0v) is 19.7. The number of methoxy groups -OCH3 is 1. The van der Waals surface area contributed by atoms with Crippen LogP contribution in [-0.4, -0.2) is 48.2 Å². The largest absolute Gasteiger partial charge is 0.468 e. The number of esters is 1. The normalized spacial score (nSPS) is 22.6. The van der Waals surface area contributed by atoms with Crippen molar-refractivity contribution in [1.29, 1.82) is 0 Å².